The molecule has 6 heteroatoms. The minimum absolute atomic E-state index is 0.122. The van der Waals surface area contributed by atoms with Gasteiger partial charge in [0.05, 0.1) is 21.5 Å². The molecule has 2 aromatic carbocycles. The molecule has 0 aliphatic carbocycles. The topological polar surface area (TPSA) is 63.0 Å². The Morgan fingerprint density at radius 2 is 1.88 bits per heavy atom. The third-order valence-corrected chi connectivity index (χ3v) is 4.66. The fraction of sp³-hybridized carbons (Fsp3) is 0.0556. The van der Waals surface area contributed by atoms with Crippen molar-refractivity contribution < 1.29 is 0 Å². The molecule has 0 fully saturated rings. The molecule has 0 aliphatic rings. The number of rotatable bonds is 3. The van der Waals surface area contributed by atoms with Crippen molar-refractivity contribution in [1.29, 1.82) is 0 Å². The fourth-order valence-corrected chi connectivity index (χ4v) is 3.32. The number of thiazole rings is 1. The van der Waals surface area contributed by atoms with Gasteiger partial charge in [-0.2, -0.15) is 0 Å². The van der Waals surface area contributed by atoms with Crippen LogP contribution in [-0.4, -0.2) is 21.0 Å². The summed E-state index contributed by atoms with van der Waals surface area (Å²) < 4.78 is 2.60. The van der Waals surface area contributed by atoms with Crippen molar-refractivity contribution in [2.24, 2.45) is 4.99 Å². The molecule has 0 aliphatic heterocycles. The molecule has 0 atom stereocenters. The van der Waals surface area contributed by atoms with E-state index < -0.39 is 0 Å². The Balaban J connectivity index is 1.72. The van der Waals surface area contributed by atoms with Crippen LogP contribution >= 0.6 is 11.3 Å². The van der Waals surface area contributed by atoms with E-state index in [4.69, 9.17) is 0 Å². The van der Waals surface area contributed by atoms with Crippen molar-refractivity contribution in [2.45, 2.75) is 6.92 Å². The van der Waals surface area contributed by atoms with E-state index in [-0.39, 0.29) is 5.56 Å². The average molecular weight is 334 g/mol. The maximum absolute atomic E-state index is 12.6. The zero-order chi connectivity index (χ0) is 16.5. The van der Waals surface area contributed by atoms with Crippen LogP contribution in [0.1, 0.15) is 11.3 Å². The lowest BCUT2D eigenvalue weighted by Gasteiger charge is -1.99. The molecule has 0 unspecified atom stereocenters. The van der Waals surface area contributed by atoms with Crippen molar-refractivity contribution in [3.05, 3.63) is 76.2 Å². The van der Waals surface area contributed by atoms with Crippen molar-refractivity contribution in [3.8, 4) is 5.69 Å². The molecule has 24 heavy (non-hydrogen) atoms. The first kappa shape index (κ1) is 14.6. The van der Waals surface area contributed by atoms with Crippen LogP contribution in [0, 0.1) is 6.92 Å². The second kappa shape index (κ2) is 5.90. The van der Waals surface area contributed by atoms with E-state index in [9.17, 15) is 4.79 Å². The zero-order valence-corrected chi connectivity index (χ0v) is 13.7. The smallest absolute Gasteiger partial charge is 0.280 e. The lowest BCUT2D eigenvalue weighted by Crippen LogP contribution is -2.17. The summed E-state index contributed by atoms with van der Waals surface area (Å²) in [6.45, 7) is 1.86. The van der Waals surface area contributed by atoms with Gasteiger partial charge in [0.2, 0.25) is 5.13 Å². The van der Waals surface area contributed by atoms with Crippen LogP contribution in [0.2, 0.25) is 0 Å². The second-order valence-corrected chi connectivity index (χ2v) is 6.36. The first-order valence-corrected chi connectivity index (χ1v) is 8.31. The number of H-pyrrole nitrogens is 1. The lowest BCUT2D eigenvalue weighted by atomic mass is 10.3. The van der Waals surface area contributed by atoms with Gasteiger partial charge in [0.15, 0.2) is 0 Å². The average Bonchev–Trinajstić information content (AvgIpc) is 3.14. The predicted molar refractivity (Wildman–Crippen MR) is 98.0 cm³/mol. The van der Waals surface area contributed by atoms with E-state index in [0.29, 0.717) is 10.7 Å². The van der Waals surface area contributed by atoms with Gasteiger partial charge in [-0.05, 0) is 31.2 Å². The Morgan fingerprint density at radius 1 is 1.12 bits per heavy atom. The van der Waals surface area contributed by atoms with Gasteiger partial charge in [0.1, 0.15) is 0 Å². The number of hydrogen-bond acceptors (Lipinski definition) is 4. The Morgan fingerprint density at radius 3 is 2.67 bits per heavy atom. The summed E-state index contributed by atoms with van der Waals surface area (Å²) in [7, 11) is 0. The number of hydrogen-bond donors (Lipinski definition) is 1. The van der Waals surface area contributed by atoms with Crippen molar-refractivity contribution in [3.63, 3.8) is 0 Å². The summed E-state index contributed by atoms with van der Waals surface area (Å²) in [6.07, 6.45) is 1.59. The normalized spacial score (nSPS) is 11.5. The quantitative estimate of drug-likeness (QED) is 0.579. The van der Waals surface area contributed by atoms with Crippen LogP contribution in [0.5, 0.6) is 0 Å². The third-order valence-electron chi connectivity index (χ3n) is 3.72. The molecular formula is C18H14N4OS. The summed E-state index contributed by atoms with van der Waals surface area (Å²) in [5.41, 5.74) is 2.91. The first-order chi connectivity index (χ1) is 11.7. The molecule has 0 amide bonds. The van der Waals surface area contributed by atoms with Crippen LogP contribution in [0.4, 0.5) is 5.13 Å². The van der Waals surface area contributed by atoms with Crippen LogP contribution in [-0.2, 0) is 0 Å². The van der Waals surface area contributed by atoms with E-state index in [1.54, 1.807) is 6.21 Å². The highest BCUT2D eigenvalue weighted by Gasteiger charge is 2.10. The predicted octanol–water partition coefficient (Wildman–Crippen LogP) is 3.83. The highest BCUT2D eigenvalue weighted by molar-refractivity contribution is 7.22. The molecule has 0 saturated heterocycles. The van der Waals surface area contributed by atoms with Crippen molar-refractivity contribution >= 4 is 32.9 Å². The standard InChI is InChI=1S/C18H14N4OS/c1-12-14(17(23)22(21-12)13-7-3-2-4-8-13)11-19-18-20-15-9-5-6-10-16(15)24-18/h2-11,21H,1H3. The summed E-state index contributed by atoms with van der Waals surface area (Å²) in [5.74, 6) is 0. The van der Waals surface area contributed by atoms with Crippen LogP contribution in [0.3, 0.4) is 0 Å². The highest BCUT2D eigenvalue weighted by Crippen LogP contribution is 2.27. The first-order valence-electron chi connectivity index (χ1n) is 7.49. The molecule has 2 aromatic heterocycles. The Labute approximate surface area is 141 Å². The van der Waals surface area contributed by atoms with Gasteiger partial charge >= 0.3 is 0 Å². The highest BCUT2D eigenvalue weighted by atomic mass is 32.1. The van der Waals surface area contributed by atoms with Gasteiger partial charge in [0, 0.05) is 11.9 Å². The molecular weight excluding hydrogens is 320 g/mol. The van der Waals surface area contributed by atoms with E-state index in [2.05, 4.69) is 15.1 Å². The van der Waals surface area contributed by atoms with Crippen LogP contribution in [0.25, 0.3) is 15.9 Å². The SMILES string of the molecule is Cc1[nH]n(-c2ccccc2)c(=O)c1C=Nc1nc2ccccc2s1. The van der Waals surface area contributed by atoms with Gasteiger partial charge in [0.25, 0.3) is 5.56 Å². The number of aromatic amines is 1. The molecule has 5 nitrogen and oxygen atoms in total. The van der Waals surface area contributed by atoms with Crippen molar-refractivity contribution in [1.82, 2.24) is 14.8 Å². The monoisotopic (exact) mass is 334 g/mol. The zero-order valence-electron chi connectivity index (χ0n) is 12.9. The Bertz CT molecular complexity index is 1060. The largest absolute Gasteiger partial charge is 0.295 e. The second-order valence-electron chi connectivity index (χ2n) is 5.35. The Kier molecular flexibility index (Phi) is 3.59. The van der Waals surface area contributed by atoms with E-state index >= 15 is 0 Å². The van der Waals surface area contributed by atoms with E-state index in [1.807, 2.05) is 61.5 Å². The molecule has 118 valence electrons. The summed E-state index contributed by atoms with van der Waals surface area (Å²) in [4.78, 5) is 21.5. The summed E-state index contributed by atoms with van der Waals surface area (Å²) in [5, 5.41) is 3.73. The van der Waals surface area contributed by atoms with Crippen LogP contribution in [0.15, 0.2) is 64.4 Å². The number of aromatic nitrogens is 3. The lowest BCUT2D eigenvalue weighted by molar-refractivity contribution is 0.835. The maximum Gasteiger partial charge on any atom is 0.280 e. The molecule has 4 aromatic rings. The van der Waals surface area contributed by atoms with Gasteiger partial charge in [-0.1, -0.05) is 41.7 Å². The summed E-state index contributed by atoms with van der Waals surface area (Å²) in [6, 6.07) is 17.4. The number of benzene rings is 2. The third kappa shape index (κ3) is 2.57. The number of fused-ring (bicyclic) bond motifs is 1. The number of aryl methyl sites for hydroxylation is 1. The fourth-order valence-electron chi connectivity index (χ4n) is 2.51. The molecule has 0 radical (unpaired) electrons. The molecule has 0 bridgehead atoms. The number of aliphatic imine (C=N–C) groups is 1. The van der Waals surface area contributed by atoms with Gasteiger partial charge in [-0.15, -0.1) is 0 Å². The molecule has 1 N–H and O–H groups in total. The van der Waals surface area contributed by atoms with E-state index in [0.717, 1.165) is 21.6 Å². The molecule has 2 heterocycles. The molecule has 4 rings (SSSR count). The number of nitrogens with one attached hydrogen (secondary N) is 1. The minimum Gasteiger partial charge on any atom is -0.295 e. The Hall–Kier alpha value is -2.99. The van der Waals surface area contributed by atoms with Crippen molar-refractivity contribution in [2.75, 3.05) is 0 Å². The van der Waals surface area contributed by atoms with Gasteiger partial charge in [-0.3, -0.25) is 9.89 Å². The minimum atomic E-state index is -0.122. The van der Waals surface area contributed by atoms with Gasteiger partial charge in [-0.25, -0.2) is 14.7 Å². The summed E-state index contributed by atoms with van der Waals surface area (Å²) >= 11 is 1.50. The number of para-hydroxylation sites is 2. The molecule has 0 spiro atoms. The maximum atomic E-state index is 12.6. The van der Waals surface area contributed by atoms with Gasteiger partial charge < -0.3 is 0 Å². The number of nitrogens with zero attached hydrogens (tertiary/aromatic N) is 3. The van der Waals surface area contributed by atoms with Crippen LogP contribution < -0.4 is 5.56 Å². The van der Waals surface area contributed by atoms with E-state index in [1.165, 1.54) is 16.0 Å². The molecule has 0 saturated carbocycles.